The third-order valence-electron chi connectivity index (χ3n) is 4.11. The minimum Gasteiger partial charge on any atom is -0.369 e. The summed E-state index contributed by atoms with van der Waals surface area (Å²) in [5.41, 5.74) is 8.41. The number of fused-ring (bicyclic) bond motifs is 1. The summed E-state index contributed by atoms with van der Waals surface area (Å²) < 4.78 is 2.16. The fourth-order valence-electron chi connectivity index (χ4n) is 3.11. The number of anilines is 1. The van der Waals surface area contributed by atoms with Crippen molar-refractivity contribution >= 4 is 28.1 Å². The van der Waals surface area contributed by atoms with E-state index in [0.29, 0.717) is 0 Å². The van der Waals surface area contributed by atoms with Crippen LogP contribution in [0.4, 0.5) is 5.69 Å². The minimum atomic E-state index is 0.279. The third-order valence-corrected chi connectivity index (χ3v) is 4.97. The zero-order valence-electron chi connectivity index (χ0n) is 11.8. The maximum Gasteiger partial charge on any atom is 0.147 e. The molecular weight excluding hydrogens is 280 g/mol. The number of rotatable bonds is 2. The second-order valence-electron chi connectivity index (χ2n) is 5.55. The SMILES string of the molecule is NC1CCCN(c2ccnc3c2ccn3-c2cccs2)C1. The Morgan fingerprint density at radius 3 is 3.05 bits per heavy atom. The van der Waals surface area contributed by atoms with Crippen LogP contribution >= 0.6 is 11.3 Å². The van der Waals surface area contributed by atoms with Gasteiger partial charge in [-0.05, 0) is 42.5 Å². The van der Waals surface area contributed by atoms with Gasteiger partial charge in [-0.3, -0.25) is 4.57 Å². The largest absolute Gasteiger partial charge is 0.369 e. The highest BCUT2D eigenvalue weighted by atomic mass is 32.1. The van der Waals surface area contributed by atoms with Gasteiger partial charge in [0.1, 0.15) is 10.6 Å². The zero-order chi connectivity index (χ0) is 14.2. The Kier molecular flexibility index (Phi) is 3.16. The molecule has 4 rings (SSSR count). The van der Waals surface area contributed by atoms with E-state index in [1.807, 2.05) is 6.20 Å². The lowest BCUT2D eigenvalue weighted by molar-refractivity contribution is 0.507. The third kappa shape index (κ3) is 2.22. The van der Waals surface area contributed by atoms with E-state index in [1.54, 1.807) is 11.3 Å². The smallest absolute Gasteiger partial charge is 0.147 e. The summed E-state index contributed by atoms with van der Waals surface area (Å²) >= 11 is 1.73. The van der Waals surface area contributed by atoms with Crippen molar-refractivity contribution in [1.82, 2.24) is 9.55 Å². The molecule has 3 aromatic rings. The van der Waals surface area contributed by atoms with Gasteiger partial charge in [0.25, 0.3) is 0 Å². The summed E-state index contributed by atoms with van der Waals surface area (Å²) in [5.74, 6) is 0. The van der Waals surface area contributed by atoms with Gasteiger partial charge < -0.3 is 10.6 Å². The first-order valence-electron chi connectivity index (χ1n) is 7.33. The molecule has 0 aromatic carbocycles. The first kappa shape index (κ1) is 12.9. The van der Waals surface area contributed by atoms with Gasteiger partial charge in [0.15, 0.2) is 0 Å². The van der Waals surface area contributed by atoms with Crippen molar-refractivity contribution in [2.75, 3.05) is 18.0 Å². The quantitative estimate of drug-likeness (QED) is 0.791. The van der Waals surface area contributed by atoms with Crippen molar-refractivity contribution < 1.29 is 0 Å². The van der Waals surface area contributed by atoms with Crippen LogP contribution in [0.15, 0.2) is 42.0 Å². The Morgan fingerprint density at radius 2 is 2.24 bits per heavy atom. The summed E-state index contributed by atoms with van der Waals surface area (Å²) in [6.45, 7) is 2.01. The normalized spacial score (nSPS) is 19.3. The van der Waals surface area contributed by atoms with Crippen molar-refractivity contribution in [3.8, 4) is 5.00 Å². The van der Waals surface area contributed by atoms with Crippen molar-refractivity contribution in [2.24, 2.45) is 5.73 Å². The second-order valence-corrected chi connectivity index (χ2v) is 6.48. The van der Waals surface area contributed by atoms with Crippen LogP contribution in [0.25, 0.3) is 16.0 Å². The monoisotopic (exact) mass is 298 g/mol. The van der Waals surface area contributed by atoms with Crippen LogP contribution in [0.1, 0.15) is 12.8 Å². The molecule has 2 N–H and O–H groups in total. The van der Waals surface area contributed by atoms with E-state index < -0.39 is 0 Å². The van der Waals surface area contributed by atoms with Gasteiger partial charge in [-0.15, -0.1) is 11.3 Å². The van der Waals surface area contributed by atoms with E-state index in [-0.39, 0.29) is 6.04 Å². The summed E-state index contributed by atoms with van der Waals surface area (Å²) in [4.78, 5) is 6.98. The topological polar surface area (TPSA) is 47.1 Å². The molecule has 1 unspecified atom stereocenters. The molecule has 21 heavy (non-hydrogen) atoms. The molecule has 1 saturated heterocycles. The fourth-order valence-corrected chi connectivity index (χ4v) is 3.83. The molecule has 108 valence electrons. The number of hydrogen-bond donors (Lipinski definition) is 1. The second kappa shape index (κ2) is 5.16. The molecule has 1 atom stereocenters. The average Bonchev–Trinajstić information content (AvgIpc) is 3.15. The van der Waals surface area contributed by atoms with Crippen molar-refractivity contribution in [1.29, 1.82) is 0 Å². The standard InChI is InChI=1S/C16H18N4S/c17-12-3-1-8-19(11-12)14-5-7-18-16-13(14)6-9-20(16)15-4-2-10-21-15/h2,4-7,9-10,12H,1,3,8,11,17H2. The maximum absolute atomic E-state index is 6.13. The lowest BCUT2D eigenvalue weighted by Crippen LogP contribution is -2.42. The molecular formula is C16H18N4S. The van der Waals surface area contributed by atoms with Gasteiger partial charge in [-0.1, -0.05) is 0 Å². The van der Waals surface area contributed by atoms with Crippen LogP contribution in [0.2, 0.25) is 0 Å². The van der Waals surface area contributed by atoms with Gasteiger partial charge in [0.2, 0.25) is 0 Å². The highest BCUT2D eigenvalue weighted by Crippen LogP contribution is 2.30. The van der Waals surface area contributed by atoms with Crippen molar-refractivity contribution in [3.05, 3.63) is 42.0 Å². The molecule has 1 aliphatic heterocycles. The predicted octanol–water partition coefficient (Wildman–Crippen LogP) is 3.01. The minimum absolute atomic E-state index is 0.279. The Labute approximate surface area is 127 Å². The van der Waals surface area contributed by atoms with Crippen LogP contribution in [0, 0.1) is 0 Å². The van der Waals surface area contributed by atoms with Crippen LogP contribution < -0.4 is 10.6 Å². The molecule has 0 aliphatic carbocycles. The van der Waals surface area contributed by atoms with Gasteiger partial charge in [0.05, 0.1) is 0 Å². The molecule has 4 heterocycles. The van der Waals surface area contributed by atoms with Gasteiger partial charge in [0, 0.05) is 42.6 Å². The number of pyridine rings is 1. The highest BCUT2D eigenvalue weighted by Gasteiger charge is 2.19. The molecule has 0 saturated carbocycles. The Morgan fingerprint density at radius 1 is 1.29 bits per heavy atom. The molecule has 1 fully saturated rings. The van der Waals surface area contributed by atoms with E-state index in [2.05, 4.69) is 50.3 Å². The zero-order valence-corrected chi connectivity index (χ0v) is 12.6. The molecule has 4 nitrogen and oxygen atoms in total. The van der Waals surface area contributed by atoms with Gasteiger partial charge in [-0.25, -0.2) is 4.98 Å². The van der Waals surface area contributed by atoms with E-state index in [9.17, 15) is 0 Å². The fraction of sp³-hybridized carbons (Fsp3) is 0.312. The Bertz CT molecular complexity index is 747. The van der Waals surface area contributed by atoms with Crippen LogP contribution in [-0.4, -0.2) is 28.7 Å². The van der Waals surface area contributed by atoms with E-state index >= 15 is 0 Å². The molecule has 1 aliphatic rings. The number of nitrogens with zero attached hydrogens (tertiary/aromatic N) is 3. The Hall–Kier alpha value is -1.85. The molecule has 0 amide bonds. The first-order valence-corrected chi connectivity index (χ1v) is 8.21. The molecule has 0 spiro atoms. The molecule has 3 aromatic heterocycles. The van der Waals surface area contributed by atoms with Crippen molar-refractivity contribution in [2.45, 2.75) is 18.9 Å². The van der Waals surface area contributed by atoms with Crippen LogP contribution in [-0.2, 0) is 0 Å². The van der Waals surface area contributed by atoms with Gasteiger partial charge >= 0.3 is 0 Å². The van der Waals surface area contributed by atoms with Crippen LogP contribution in [0.5, 0.6) is 0 Å². The first-order chi connectivity index (χ1) is 10.3. The summed E-state index contributed by atoms with van der Waals surface area (Å²) in [6.07, 6.45) is 6.30. The molecule has 0 radical (unpaired) electrons. The summed E-state index contributed by atoms with van der Waals surface area (Å²) in [6, 6.07) is 8.74. The van der Waals surface area contributed by atoms with Crippen LogP contribution in [0.3, 0.4) is 0 Å². The van der Waals surface area contributed by atoms with E-state index in [4.69, 9.17) is 5.73 Å². The summed E-state index contributed by atoms with van der Waals surface area (Å²) in [7, 11) is 0. The van der Waals surface area contributed by atoms with Gasteiger partial charge in [-0.2, -0.15) is 0 Å². The maximum atomic E-state index is 6.13. The van der Waals surface area contributed by atoms with E-state index in [1.165, 1.54) is 16.1 Å². The Balaban J connectivity index is 1.80. The lowest BCUT2D eigenvalue weighted by Gasteiger charge is -2.33. The number of aromatic nitrogens is 2. The number of thiophene rings is 1. The summed E-state index contributed by atoms with van der Waals surface area (Å²) in [5, 5.41) is 4.50. The molecule has 0 bridgehead atoms. The lowest BCUT2D eigenvalue weighted by atomic mass is 10.1. The number of hydrogen-bond acceptors (Lipinski definition) is 4. The number of nitrogens with two attached hydrogens (primary N) is 1. The average molecular weight is 298 g/mol. The number of piperidine rings is 1. The highest BCUT2D eigenvalue weighted by molar-refractivity contribution is 7.12. The van der Waals surface area contributed by atoms with Crippen molar-refractivity contribution in [3.63, 3.8) is 0 Å². The molecule has 5 heteroatoms. The van der Waals surface area contributed by atoms with E-state index in [0.717, 1.165) is 31.6 Å². The predicted molar refractivity (Wildman–Crippen MR) is 88.4 cm³/mol.